The average Bonchev–Trinajstić information content (AvgIpc) is 2.88. The fourth-order valence-corrected chi connectivity index (χ4v) is 3.97. The summed E-state index contributed by atoms with van der Waals surface area (Å²) >= 11 is 1.73. The summed E-state index contributed by atoms with van der Waals surface area (Å²) in [6.45, 7) is 0.615. The van der Waals surface area contributed by atoms with Gasteiger partial charge in [0, 0.05) is 4.90 Å². The maximum Gasteiger partial charge on any atom is 0.0727 e. The minimum Gasteiger partial charge on any atom is -0.392 e. The third-order valence-corrected chi connectivity index (χ3v) is 5.25. The van der Waals surface area contributed by atoms with E-state index in [0.717, 1.165) is 12.8 Å². The molecule has 3 rings (SSSR count). The summed E-state index contributed by atoms with van der Waals surface area (Å²) in [5.41, 5.74) is 1.18. The van der Waals surface area contributed by atoms with Gasteiger partial charge in [-0.15, -0.1) is 11.8 Å². The van der Waals surface area contributed by atoms with Gasteiger partial charge in [0.1, 0.15) is 0 Å². The van der Waals surface area contributed by atoms with E-state index in [4.69, 9.17) is 4.74 Å². The van der Waals surface area contributed by atoms with Crippen LogP contribution in [0.1, 0.15) is 18.4 Å². The van der Waals surface area contributed by atoms with Gasteiger partial charge in [-0.25, -0.2) is 0 Å². The summed E-state index contributed by atoms with van der Waals surface area (Å²) in [7, 11) is 0. The normalized spacial score (nSPS) is 25.1. The number of hydrogen-bond acceptors (Lipinski definition) is 3. The Labute approximate surface area is 130 Å². The zero-order chi connectivity index (χ0) is 14.5. The van der Waals surface area contributed by atoms with Crippen LogP contribution in [0.3, 0.4) is 0 Å². The Kier molecular flexibility index (Phi) is 4.96. The summed E-state index contributed by atoms with van der Waals surface area (Å²) in [5, 5.41) is 10.3. The molecule has 0 unspecified atom stereocenters. The standard InChI is InChI=1S/C18H20O2S/c19-16-11-12-17(20-13-14-7-3-1-4-8-14)18(16)21-15-9-5-2-6-10-15/h1-10,16-19H,11-13H2/t16-,17+,18+/m0/s1. The van der Waals surface area contributed by atoms with E-state index in [1.807, 2.05) is 36.4 Å². The van der Waals surface area contributed by atoms with Crippen LogP contribution in [-0.4, -0.2) is 22.6 Å². The van der Waals surface area contributed by atoms with Crippen LogP contribution < -0.4 is 0 Å². The van der Waals surface area contributed by atoms with Crippen molar-refractivity contribution < 1.29 is 9.84 Å². The second-order valence-corrected chi connectivity index (χ2v) is 6.63. The lowest BCUT2D eigenvalue weighted by Gasteiger charge is -2.22. The van der Waals surface area contributed by atoms with Gasteiger partial charge in [-0.3, -0.25) is 0 Å². The second-order valence-electron chi connectivity index (χ2n) is 5.38. The number of thioether (sulfide) groups is 1. The molecule has 0 heterocycles. The van der Waals surface area contributed by atoms with Gasteiger partial charge in [0.25, 0.3) is 0 Å². The first-order valence-corrected chi connectivity index (χ1v) is 8.26. The van der Waals surface area contributed by atoms with Crippen molar-refractivity contribution in [2.45, 2.75) is 41.8 Å². The van der Waals surface area contributed by atoms with E-state index in [1.165, 1.54) is 10.5 Å². The maximum absolute atomic E-state index is 10.2. The quantitative estimate of drug-likeness (QED) is 0.908. The molecule has 1 aliphatic rings. The zero-order valence-corrected chi connectivity index (χ0v) is 12.7. The molecule has 0 saturated heterocycles. The summed E-state index contributed by atoms with van der Waals surface area (Å²) in [6.07, 6.45) is 1.59. The van der Waals surface area contributed by atoms with Crippen molar-refractivity contribution in [2.24, 2.45) is 0 Å². The summed E-state index contributed by atoms with van der Waals surface area (Å²) in [4.78, 5) is 1.19. The Morgan fingerprint density at radius 2 is 1.62 bits per heavy atom. The average molecular weight is 300 g/mol. The van der Waals surface area contributed by atoms with E-state index in [2.05, 4.69) is 24.3 Å². The van der Waals surface area contributed by atoms with Crippen LogP contribution in [0.5, 0.6) is 0 Å². The van der Waals surface area contributed by atoms with E-state index in [-0.39, 0.29) is 17.5 Å². The number of benzene rings is 2. The lowest BCUT2D eigenvalue weighted by atomic mass is 10.2. The lowest BCUT2D eigenvalue weighted by molar-refractivity contribution is 0.0403. The molecule has 3 heteroatoms. The number of aliphatic hydroxyl groups is 1. The van der Waals surface area contributed by atoms with Crippen molar-refractivity contribution >= 4 is 11.8 Å². The van der Waals surface area contributed by atoms with Crippen LogP contribution in [-0.2, 0) is 11.3 Å². The van der Waals surface area contributed by atoms with Gasteiger partial charge in [0.2, 0.25) is 0 Å². The minimum absolute atomic E-state index is 0.116. The van der Waals surface area contributed by atoms with Crippen LogP contribution in [0, 0.1) is 0 Å². The van der Waals surface area contributed by atoms with Crippen LogP contribution >= 0.6 is 11.8 Å². The van der Waals surface area contributed by atoms with Gasteiger partial charge >= 0.3 is 0 Å². The highest BCUT2D eigenvalue weighted by Gasteiger charge is 2.36. The highest BCUT2D eigenvalue weighted by atomic mass is 32.2. The molecule has 2 nitrogen and oxygen atoms in total. The van der Waals surface area contributed by atoms with Crippen LogP contribution in [0.2, 0.25) is 0 Å². The molecule has 0 aliphatic heterocycles. The van der Waals surface area contributed by atoms with E-state index < -0.39 is 0 Å². The summed E-state index contributed by atoms with van der Waals surface area (Å²) in [5.74, 6) is 0. The molecule has 1 fully saturated rings. The van der Waals surface area contributed by atoms with Crippen LogP contribution in [0.4, 0.5) is 0 Å². The monoisotopic (exact) mass is 300 g/mol. The fraction of sp³-hybridized carbons (Fsp3) is 0.333. The van der Waals surface area contributed by atoms with Gasteiger partial charge in [-0.2, -0.15) is 0 Å². The molecule has 3 atom stereocenters. The second kappa shape index (κ2) is 7.12. The topological polar surface area (TPSA) is 29.5 Å². The van der Waals surface area contributed by atoms with Gasteiger partial charge in [-0.05, 0) is 30.5 Å². The minimum atomic E-state index is -0.282. The molecule has 2 aromatic rings. The Bertz CT molecular complexity index is 544. The van der Waals surface area contributed by atoms with E-state index in [9.17, 15) is 5.11 Å². The van der Waals surface area contributed by atoms with E-state index in [0.29, 0.717) is 6.61 Å². The maximum atomic E-state index is 10.2. The third-order valence-electron chi connectivity index (χ3n) is 3.81. The van der Waals surface area contributed by atoms with Crippen LogP contribution in [0.15, 0.2) is 65.6 Å². The lowest BCUT2D eigenvalue weighted by Crippen LogP contribution is -2.28. The van der Waals surface area contributed by atoms with Crippen molar-refractivity contribution in [2.75, 3.05) is 0 Å². The van der Waals surface area contributed by atoms with Gasteiger partial charge in [0.05, 0.1) is 24.1 Å². The first-order chi connectivity index (χ1) is 10.3. The first kappa shape index (κ1) is 14.6. The molecule has 1 N–H and O–H groups in total. The highest BCUT2D eigenvalue weighted by Crippen LogP contribution is 2.37. The molecule has 2 aromatic carbocycles. The summed E-state index contributed by atoms with van der Waals surface area (Å²) < 4.78 is 6.06. The Balaban J connectivity index is 1.61. The molecular weight excluding hydrogens is 280 g/mol. The number of ether oxygens (including phenoxy) is 1. The first-order valence-electron chi connectivity index (χ1n) is 7.38. The molecule has 0 spiro atoms. The fourth-order valence-electron chi connectivity index (χ4n) is 2.68. The number of rotatable bonds is 5. The predicted molar refractivity (Wildman–Crippen MR) is 86.3 cm³/mol. The van der Waals surface area contributed by atoms with Crippen molar-refractivity contribution in [3.63, 3.8) is 0 Å². The molecule has 21 heavy (non-hydrogen) atoms. The van der Waals surface area contributed by atoms with Crippen molar-refractivity contribution in [1.82, 2.24) is 0 Å². The van der Waals surface area contributed by atoms with Crippen molar-refractivity contribution in [3.8, 4) is 0 Å². The molecular formula is C18H20O2S. The Morgan fingerprint density at radius 3 is 2.33 bits per heavy atom. The molecule has 1 saturated carbocycles. The zero-order valence-electron chi connectivity index (χ0n) is 11.9. The molecule has 110 valence electrons. The van der Waals surface area contributed by atoms with Crippen molar-refractivity contribution in [1.29, 1.82) is 0 Å². The largest absolute Gasteiger partial charge is 0.392 e. The van der Waals surface area contributed by atoms with Gasteiger partial charge < -0.3 is 9.84 Å². The third kappa shape index (κ3) is 3.88. The van der Waals surface area contributed by atoms with Gasteiger partial charge in [0.15, 0.2) is 0 Å². The highest BCUT2D eigenvalue weighted by molar-refractivity contribution is 8.00. The smallest absolute Gasteiger partial charge is 0.0727 e. The Morgan fingerprint density at radius 1 is 0.952 bits per heavy atom. The van der Waals surface area contributed by atoms with E-state index >= 15 is 0 Å². The Hall–Kier alpha value is -1.29. The molecule has 0 aromatic heterocycles. The predicted octanol–water partition coefficient (Wildman–Crippen LogP) is 3.89. The molecule has 0 radical (unpaired) electrons. The molecule has 0 amide bonds. The molecule has 1 aliphatic carbocycles. The number of hydrogen-bond donors (Lipinski definition) is 1. The summed E-state index contributed by atoms with van der Waals surface area (Å²) in [6, 6.07) is 20.5. The molecule has 0 bridgehead atoms. The van der Waals surface area contributed by atoms with E-state index in [1.54, 1.807) is 11.8 Å². The van der Waals surface area contributed by atoms with Gasteiger partial charge in [-0.1, -0.05) is 48.5 Å². The SMILES string of the molecule is O[C@H]1CC[C@@H](OCc2ccccc2)[C@@H]1Sc1ccccc1. The van der Waals surface area contributed by atoms with Crippen LogP contribution in [0.25, 0.3) is 0 Å². The number of aliphatic hydroxyl groups excluding tert-OH is 1. The van der Waals surface area contributed by atoms with Crippen molar-refractivity contribution in [3.05, 3.63) is 66.2 Å².